The predicted octanol–water partition coefficient (Wildman–Crippen LogP) is 4.42. The van der Waals surface area contributed by atoms with Gasteiger partial charge in [-0.15, -0.1) is 0 Å². The fourth-order valence-corrected chi connectivity index (χ4v) is 1.81. The SMILES string of the molecule is O=[N+]([O-])c1cc(F)c(NCc2ccc(C(F)F)cc2)c(F)c1. The van der Waals surface area contributed by atoms with Crippen LogP contribution in [0.5, 0.6) is 0 Å². The number of benzene rings is 2. The third kappa shape index (κ3) is 3.51. The van der Waals surface area contributed by atoms with Gasteiger partial charge < -0.3 is 5.32 Å². The van der Waals surface area contributed by atoms with E-state index in [1.54, 1.807) is 0 Å². The van der Waals surface area contributed by atoms with Crippen molar-refractivity contribution in [3.8, 4) is 0 Å². The van der Waals surface area contributed by atoms with Crippen LogP contribution in [0.3, 0.4) is 0 Å². The van der Waals surface area contributed by atoms with Crippen LogP contribution in [0.1, 0.15) is 17.6 Å². The number of halogens is 4. The van der Waals surface area contributed by atoms with Crippen LogP contribution in [0.4, 0.5) is 28.9 Å². The minimum absolute atomic E-state index is 0.0187. The van der Waals surface area contributed by atoms with E-state index in [4.69, 9.17) is 0 Å². The largest absolute Gasteiger partial charge is 0.376 e. The van der Waals surface area contributed by atoms with E-state index in [9.17, 15) is 27.7 Å². The van der Waals surface area contributed by atoms with Gasteiger partial charge in [0.05, 0.1) is 17.1 Å². The van der Waals surface area contributed by atoms with Crippen molar-refractivity contribution in [2.45, 2.75) is 13.0 Å². The van der Waals surface area contributed by atoms with Gasteiger partial charge in [0.15, 0.2) is 11.6 Å². The minimum Gasteiger partial charge on any atom is -0.376 e. The van der Waals surface area contributed by atoms with Crippen molar-refractivity contribution in [1.82, 2.24) is 0 Å². The van der Waals surface area contributed by atoms with Gasteiger partial charge in [0.1, 0.15) is 5.69 Å². The van der Waals surface area contributed by atoms with Gasteiger partial charge in [0.2, 0.25) is 0 Å². The quantitative estimate of drug-likeness (QED) is 0.505. The van der Waals surface area contributed by atoms with Gasteiger partial charge in [0.25, 0.3) is 12.1 Å². The molecule has 0 fully saturated rings. The van der Waals surface area contributed by atoms with Crippen molar-refractivity contribution in [1.29, 1.82) is 0 Å². The molecule has 0 radical (unpaired) electrons. The summed E-state index contributed by atoms with van der Waals surface area (Å²) in [5.74, 6) is -2.20. The molecule has 0 atom stereocenters. The maximum Gasteiger partial charge on any atom is 0.275 e. The third-order valence-corrected chi connectivity index (χ3v) is 2.94. The summed E-state index contributed by atoms with van der Waals surface area (Å²) >= 11 is 0. The molecular formula is C14H10F4N2O2. The lowest BCUT2D eigenvalue weighted by atomic mass is 10.1. The van der Waals surface area contributed by atoms with Gasteiger partial charge in [-0.3, -0.25) is 10.1 Å². The van der Waals surface area contributed by atoms with Crippen LogP contribution < -0.4 is 5.32 Å². The molecule has 22 heavy (non-hydrogen) atoms. The Labute approximate surface area is 122 Å². The van der Waals surface area contributed by atoms with Crippen molar-refractivity contribution in [3.63, 3.8) is 0 Å². The lowest BCUT2D eigenvalue weighted by Gasteiger charge is -2.09. The molecule has 2 rings (SSSR count). The Hall–Kier alpha value is -2.64. The molecule has 4 nitrogen and oxygen atoms in total. The van der Waals surface area contributed by atoms with E-state index in [-0.39, 0.29) is 12.1 Å². The molecule has 1 N–H and O–H groups in total. The molecule has 0 amide bonds. The Morgan fingerprint density at radius 1 is 1.09 bits per heavy atom. The molecule has 0 aliphatic carbocycles. The van der Waals surface area contributed by atoms with Gasteiger partial charge in [-0.2, -0.15) is 0 Å². The lowest BCUT2D eigenvalue weighted by Crippen LogP contribution is -2.05. The first-order chi connectivity index (χ1) is 10.4. The Balaban J connectivity index is 2.13. The number of rotatable bonds is 5. The molecule has 2 aromatic carbocycles. The molecule has 0 spiro atoms. The zero-order valence-electron chi connectivity index (χ0n) is 11.0. The Morgan fingerprint density at radius 3 is 2.09 bits per heavy atom. The molecule has 2 aromatic rings. The minimum atomic E-state index is -2.59. The average molecular weight is 314 g/mol. The van der Waals surface area contributed by atoms with Gasteiger partial charge in [-0.1, -0.05) is 24.3 Å². The van der Waals surface area contributed by atoms with Crippen LogP contribution in [0.15, 0.2) is 36.4 Å². The first kappa shape index (κ1) is 15.7. The highest BCUT2D eigenvalue weighted by atomic mass is 19.3. The fraction of sp³-hybridized carbons (Fsp3) is 0.143. The van der Waals surface area contributed by atoms with E-state index in [1.165, 1.54) is 24.3 Å². The lowest BCUT2D eigenvalue weighted by molar-refractivity contribution is -0.385. The van der Waals surface area contributed by atoms with E-state index < -0.39 is 34.4 Å². The number of nitro benzene ring substituents is 1. The van der Waals surface area contributed by atoms with Crippen molar-refractivity contribution in [2.75, 3.05) is 5.32 Å². The zero-order chi connectivity index (χ0) is 16.3. The summed E-state index contributed by atoms with van der Waals surface area (Å²) in [6.07, 6.45) is -2.59. The van der Waals surface area contributed by atoms with E-state index >= 15 is 0 Å². The molecule has 8 heteroatoms. The third-order valence-electron chi connectivity index (χ3n) is 2.94. The predicted molar refractivity (Wildman–Crippen MR) is 71.7 cm³/mol. The maximum absolute atomic E-state index is 13.6. The summed E-state index contributed by atoms with van der Waals surface area (Å²) in [6.45, 7) is -0.0187. The number of nitrogens with one attached hydrogen (secondary N) is 1. The highest BCUT2D eigenvalue weighted by Crippen LogP contribution is 2.25. The monoisotopic (exact) mass is 314 g/mol. The van der Waals surface area contributed by atoms with E-state index in [0.29, 0.717) is 17.7 Å². The molecule has 116 valence electrons. The van der Waals surface area contributed by atoms with Gasteiger partial charge in [-0.05, 0) is 5.56 Å². The Kier molecular flexibility index (Phi) is 4.59. The normalized spacial score (nSPS) is 10.8. The maximum atomic E-state index is 13.6. The summed E-state index contributed by atoms with van der Waals surface area (Å²) < 4.78 is 52.1. The van der Waals surface area contributed by atoms with Crippen molar-refractivity contribution >= 4 is 11.4 Å². The zero-order valence-corrected chi connectivity index (χ0v) is 11.0. The summed E-state index contributed by atoms with van der Waals surface area (Å²) in [5, 5.41) is 12.9. The second-order valence-corrected chi connectivity index (χ2v) is 4.44. The first-order valence-electron chi connectivity index (χ1n) is 6.13. The number of alkyl halides is 2. The number of hydrogen-bond donors (Lipinski definition) is 1. The second kappa shape index (κ2) is 6.42. The molecular weight excluding hydrogens is 304 g/mol. The molecule has 0 aromatic heterocycles. The van der Waals surface area contributed by atoms with Gasteiger partial charge in [-0.25, -0.2) is 17.6 Å². The highest BCUT2D eigenvalue weighted by Gasteiger charge is 2.16. The molecule has 0 saturated heterocycles. The van der Waals surface area contributed by atoms with E-state index in [0.717, 1.165) is 0 Å². The van der Waals surface area contributed by atoms with Crippen LogP contribution in [0.2, 0.25) is 0 Å². The Morgan fingerprint density at radius 2 is 1.64 bits per heavy atom. The smallest absolute Gasteiger partial charge is 0.275 e. The number of anilines is 1. The number of nitrogens with zero attached hydrogens (tertiary/aromatic N) is 1. The molecule has 0 aliphatic heterocycles. The number of non-ortho nitro benzene ring substituents is 1. The van der Waals surface area contributed by atoms with Crippen molar-refractivity contribution < 1.29 is 22.5 Å². The highest BCUT2D eigenvalue weighted by molar-refractivity contribution is 5.52. The Bertz CT molecular complexity index is 667. The molecule has 0 saturated carbocycles. The van der Waals surface area contributed by atoms with Crippen LogP contribution in [-0.2, 0) is 6.54 Å². The molecule has 0 unspecified atom stereocenters. The number of hydrogen-bond acceptors (Lipinski definition) is 3. The standard InChI is InChI=1S/C14H10F4N2O2/c15-11-5-10(20(21)22)6-12(16)13(11)19-7-8-1-3-9(4-2-8)14(17)18/h1-6,14,19H,7H2. The molecule has 0 aliphatic rings. The topological polar surface area (TPSA) is 55.2 Å². The van der Waals surface area contributed by atoms with E-state index in [2.05, 4.69) is 5.32 Å². The summed E-state index contributed by atoms with van der Waals surface area (Å²) in [6, 6.07) is 6.43. The van der Waals surface area contributed by atoms with E-state index in [1.807, 2.05) is 0 Å². The van der Waals surface area contributed by atoms with Gasteiger partial charge >= 0.3 is 0 Å². The summed E-state index contributed by atoms with van der Waals surface area (Å²) in [7, 11) is 0. The summed E-state index contributed by atoms with van der Waals surface area (Å²) in [4.78, 5) is 9.57. The average Bonchev–Trinajstić information content (AvgIpc) is 2.46. The van der Waals surface area contributed by atoms with Crippen LogP contribution >= 0.6 is 0 Å². The second-order valence-electron chi connectivity index (χ2n) is 4.44. The van der Waals surface area contributed by atoms with Crippen LogP contribution in [0.25, 0.3) is 0 Å². The van der Waals surface area contributed by atoms with Crippen molar-refractivity contribution in [3.05, 3.63) is 69.3 Å². The van der Waals surface area contributed by atoms with Crippen LogP contribution in [0, 0.1) is 21.7 Å². The molecule has 0 bridgehead atoms. The van der Waals surface area contributed by atoms with Crippen LogP contribution in [-0.4, -0.2) is 4.92 Å². The summed E-state index contributed by atoms with van der Waals surface area (Å²) in [5.41, 5.74) is -0.830. The fourth-order valence-electron chi connectivity index (χ4n) is 1.81. The van der Waals surface area contributed by atoms with Gasteiger partial charge in [0, 0.05) is 12.1 Å². The van der Waals surface area contributed by atoms with Crippen molar-refractivity contribution in [2.24, 2.45) is 0 Å². The molecule has 0 heterocycles. The first-order valence-corrected chi connectivity index (χ1v) is 6.13. The number of nitro groups is 1.